The summed E-state index contributed by atoms with van der Waals surface area (Å²) >= 11 is 12.6. The lowest BCUT2D eigenvalue weighted by atomic mass is 9.58. The van der Waals surface area contributed by atoms with Gasteiger partial charge in [0.1, 0.15) is 10.6 Å². The number of hydrogen-bond acceptors (Lipinski definition) is 6. The summed E-state index contributed by atoms with van der Waals surface area (Å²) in [7, 11) is -3.75. The third kappa shape index (κ3) is 8.96. The molecule has 1 unspecified atom stereocenters. The van der Waals surface area contributed by atoms with Crippen molar-refractivity contribution < 1.29 is 13.2 Å². The Morgan fingerprint density at radius 2 is 1.68 bits per heavy atom. The summed E-state index contributed by atoms with van der Waals surface area (Å²) in [5, 5.41) is 4.54. The number of alkyl halides is 3. The van der Waals surface area contributed by atoms with E-state index >= 15 is 0 Å². The standard InChI is InChI=1S/C29H27ClN4O3S.3CH3I/c30-22-7-5-21(6-8-22)29(13-2-14-29)28-26-17-24(10-4-20(26)12-16-32-28)37-27-11-9-23(18-33-27)34-38(35,36)25-3-1-15-31-19-25;3*1-2/h1,3-11,15,17-19,28,32,34H,2,12-14,16H2;3*1H3. The van der Waals surface area contributed by atoms with Crippen LogP contribution in [0.25, 0.3) is 0 Å². The summed E-state index contributed by atoms with van der Waals surface area (Å²) < 4.78 is 33.7. The molecule has 0 bridgehead atoms. The number of halogens is 4. The minimum atomic E-state index is -3.75. The Morgan fingerprint density at radius 1 is 0.955 bits per heavy atom. The number of nitrogens with zero attached hydrogens (tertiary/aromatic N) is 2. The molecule has 3 heterocycles. The molecule has 44 heavy (non-hydrogen) atoms. The first-order valence-electron chi connectivity index (χ1n) is 13.8. The van der Waals surface area contributed by atoms with Gasteiger partial charge in [0.2, 0.25) is 5.88 Å². The molecule has 1 saturated carbocycles. The van der Waals surface area contributed by atoms with E-state index in [1.807, 2.05) is 33.0 Å². The van der Waals surface area contributed by atoms with Crippen molar-refractivity contribution >= 4 is 95.1 Å². The van der Waals surface area contributed by atoms with E-state index in [-0.39, 0.29) is 16.4 Å². The molecular formula is C32H36ClI3N4O3S. The summed E-state index contributed by atoms with van der Waals surface area (Å²) in [5.41, 5.74) is 4.27. The molecule has 236 valence electrons. The average molecular weight is 973 g/mol. The first-order chi connectivity index (χ1) is 21.4. The Kier molecular flexibility index (Phi) is 15.4. The Bertz CT molecular complexity index is 1560. The quantitative estimate of drug-likeness (QED) is 0.142. The van der Waals surface area contributed by atoms with Gasteiger partial charge in [-0.1, -0.05) is 104 Å². The number of rotatable bonds is 7. The van der Waals surface area contributed by atoms with Crippen LogP contribution in [0, 0.1) is 0 Å². The van der Waals surface area contributed by atoms with Gasteiger partial charge >= 0.3 is 0 Å². The van der Waals surface area contributed by atoms with Crippen molar-refractivity contribution in [3.8, 4) is 11.6 Å². The van der Waals surface area contributed by atoms with Crippen molar-refractivity contribution in [2.45, 2.75) is 42.0 Å². The largest absolute Gasteiger partial charge is 0.439 e. The number of benzene rings is 2. The van der Waals surface area contributed by atoms with Crippen LogP contribution < -0.4 is 14.8 Å². The number of ether oxygens (including phenoxy) is 1. The summed E-state index contributed by atoms with van der Waals surface area (Å²) in [5.74, 6) is 1.07. The van der Waals surface area contributed by atoms with Crippen LogP contribution in [0.4, 0.5) is 5.69 Å². The van der Waals surface area contributed by atoms with Gasteiger partial charge in [0.15, 0.2) is 0 Å². The maximum atomic E-state index is 12.6. The molecular weight excluding hydrogens is 937 g/mol. The first kappa shape index (κ1) is 37.2. The highest BCUT2D eigenvalue weighted by Gasteiger charge is 2.47. The highest BCUT2D eigenvalue weighted by molar-refractivity contribution is 14.1. The Balaban J connectivity index is 0.000000832. The fraction of sp³-hybridized carbons (Fsp3) is 0.312. The molecule has 1 fully saturated rings. The first-order valence-corrected chi connectivity index (χ1v) is 22.1. The van der Waals surface area contributed by atoms with Crippen LogP contribution in [0.15, 0.2) is 90.2 Å². The van der Waals surface area contributed by atoms with Crippen molar-refractivity contribution in [3.05, 3.63) is 107 Å². The number of anilines is 1. The maximum absolute atomic E-state index is 12.6. The third-order valence-electron chi connectivity index (χ3n) is 7.54. The molecule has 0 radical (unpaired) electrons. The highest BCUT2D eigenvalue weighted by Crippen LogP contribution is 2.53. The van der Waals surface area contributed by atoms with Crippen molar-refractivity contribution in [3.63, 3.8) is 0 Å². The van der Waals surface area contributed by atoms with Gasteiger partial charge in [-0.05, 0) is 99.8 Å². The summed E-state index contributed by atoms with van der Waals surface area (Å²) in [4.78, 5) is 14.2. The number of sulfonamides is 1. The zero-order valence-corrected chi connectivity index (χ0v) is 32.8. The second-order valence-corrected chi connectivity index (χ2v) is 11.9. The van der Waals surface area contributed by atoms with E-state index in [0.717, 1.165) is 30.8 Å². The lowest BCUT2D eigenvalue weighted by Crippen LogP contribution is -2.49. The maximum Gasteiger partial charge on any atom is 0.263 e. The third-order valence-corrected chi connectivity index (χ3v) is 9.16. The molecule has 7 nitrogen and oxygen atoms in total. The zero-order valence-electron chi connectivity index (χ0n) is 24.7. The topological polar surface area (TPSA) is 93.2 Å². The molecule has 2 aromatic heterocycles. The number of aromatic nitrogens is 2. The van der Waals surface area contributed by atoms with Crippen LogP contribution in [0.5, 0.6) is 11.6 Å². The minimum absolute atomic E-state index is 0.0315. The lowest BCUT2D eigenvalue weighted by molar-refractivity contribution is 0.164. The fourth-order valence-electron chi connectivity index (χ4n) is 5.51. The van der Waals surface area contributed by atoms with Crippen molar-refractivity contribution in [1.82, 2.24) is 15.3 Å². The molecule has 2 aliphatic rings. The molecule has 0 amide bonds. The van der Waals surface area contributed by atoms with Crippen LogP contribution in [-0.4, -0.2) is 39.7 Å². The van der Waals surface area contributed by atoms with E-state index < -0.39 is 10.0 Å². The summed E-state index contributed by atoms with van der Waals surface area (Å²) in [6, 6.07) is 21.0. The van der Waals surface area contributed by atoms with Crippen molar-refractivity contribution in [1.29, 1.82) is 0 Å². The molecule has 1 aliphatic heterocycles. The average Bonchev–Trinajstić information content (AvgIpc) is 3.06. The van der Waals surface area contributed by atoms with Crippen molar-refractivity contribution in [2.24, 2.45) is 0 Å². The van der Waals surface area contributed by atoms with E-state index in [1.54, 1.807) is 18.2 Å². The molecule has 6 rings (SSSR count). The van der Waals surface area contributed by atoms with Gasteiger partial charge in [0.05, 0.1) is 11.9 Å². The minimum Gasteiger partial charge on any atom is -0.439 e. The van der Waals surface area contributed by atoms with Gasteiger partial charge in [-0.25, -0.2) is 13.4 Å². The SMILES string of the molecule is CI.CI.CI.O=S(=O)(Nc1ccc(Oc2ccc3c(c2)C(C2(c4ccc(Cl)cc4)CCC2)NCC3)nc1)c1cccnc1. The monoisotopic (exact) mass is 972 g/mol. The van der Waals surface area contributed by atoms with Gasteiger partial charge in [0, 0.05) is 34.9 Å². The van der Waals surface area contributed by atoms with Gasteiger partial charge in [-0.3, -0.25) is 9.71 Å². The van der Waals surface area contributed by atoms with Gasteiger partial charge < -0.3 is 10.1 Å². The lowest BCUT2D eigenvalue weighted by Gasteiger charge is -2.50. The van der Waals surface area contributed by atoms with Crippen molar-refractivity contribution in [2.75, 3.05) is 26.1 Å². The van der Waals surface area contributed by atoms with Crippen LogP contribution in [-0.2, 0) is 21.9 Å². The Labute approximate surface area is 307 Å². The van der Waals surface area contributed by atoms with Gasteiger partial charge in [-0.2, -0.15) is 0 Å². The normalized spacial score (nSPS) is 16.1. The predicted octanol–water partition coefficient (Wildman–Crippen LogP) is 9.19. The fourth-order valence-corrected chi connectivity index (χ4v) is 6.64. The predicted molar refractivity (Wildman–Crippen MR) is 207 cm³/mol. The molecule has 0 saturated heterocycles. The van der Waals surface area contributed by atoms with E-state index in [4.69, 9.17) is 16.3 Å². The smallest absolute Gasteiger partial charge is 0.263 e. The molecule has 2 aromatic carbocycles. The second-order valence-electron chi connectivity index (χ2n) is 9.80. The number of nitrogens with one attached hydrogen (secondary N) is 2. The van der Waals surface area contributed by atoms with E-state index in [1.165, 1.54) is 47.8 Å². The molecule has 1 aliphatic carbocycles. The summed E-state index contributed by atoms with van der Waals surface area (Å²) in [6.07, 6.45) is 8.67. The van der Waals surface area contributed by atoms with E-state index in [0.29, 0.717) is 17.3 Å². The Morgan fingerprint density at radius 3 is 2.27 bits per heavy atom. The van der Waals surface area contributed by atoms with Gasteiger partial charge in [0.25, 0.3) is 10.0 Å². The molecule has 1 atom stereocenters. The Hall–Kier alpha value is -1.27. The van der Waals surface area contributed by atoms with Crippen LogP contribution in [0.1, 0.15) is 42.0 Å². The molecule has 12 heteroatoms. The van der Waals surface area contributed by atoms with E-state index in [2.05, 4.69) is 112 Å². The van der Waals surface area contributed by atoms with Crippen LogP contribution >= 0.6 is 79.4 Å². The van der Waals surface area contributed by atoms with Gasteiger partial charge in [-0.15, -0.1) is 0 Å². The van der Waals surface area contributed by atoms with Crippen LogP contribution in [0.3, 0.4) is 0 Å². The number of pyridine rings is 2. The van der Waals surface area contributed by atoms with Crippen LogP contribution in [0.2, 0.25) is 5.02 Å². The highest BCUT2D eigenvalue weighted by atomic mass is 127. The summed E-state index contributed by atoms with van der Waals surface area (Å²) in [6.45, 7) is 0.936. The number of fused-ring (bicyclic) bond motifs is 1. The molecule has 0 spiro atoms. The molecule has 2 N–H and O–H groups in total. The number of hydrogen-bond donors (Lipinski definition) is 2. The van der Waals surface area contributed by atoms with E-state index in [9.17, 15) is 8.42 Å². The molecule has 4 aromatic rings. The zero-order chi connectivity index (χ0) is 32.2. The second kappa shape index (κ2) is 18.2.